The molecule has 0 aliphatic rings. The highest BCUT2D eigenvalue weighted by Gasteiger charge is 2.31. The van der Waals surface area contributed by atoms with Crippen molar-refractivity contribution < 1.29 is 5.11 Å². The molecule has 0 aliphatic carbocycles. The first kappa shape index (κ1) is 11.8. The zero-order valence-corrected chi connectivity index (χ0v) is 9.71. The Morgan fingerprint density at radius 2 is 1.24 bits per heavy atom. The number of rotatable bonds is 4. The molecule has 0 bridgehead atoms. The van der Waals surface area contributed by atoms with E-state index in [2.05, 4.69) is 0 Å². The predicted octanol–water partition coefficient (Wildman–Crippen LogP) is 1.92. The molecule has 2 aromatic carbocycles. The zero-order chi connectivity index (χ0) is 12.1. The molecule has 2 rings (SSSR count). The van der Waals surface area contributed by atoms with Crippen molar-refractivity contribution in [2.24, 2.45) is 5.73 Å². The highest BCUT2D eigenvalue weighted by atomic mass is 16.3. The van der Waals surface area contributed by atoms with Crippen LogP contribution < -0.4 is 5.73 Å². The molecule has 88 valence electrons. The Kier molecular flexibility index (Phi) is 3.57. The van der Waals surface area contributed by atoms with Crippen molar-refractivity contribution in [3.63, 3.8) is 0 Å². The van der Waals surface area contributed by atoms with Crippen molar-refractivity contribution in [3.05, 3.63) is 71.8 Å². The third kappa shape index (κ3) is 2.09. The summed E-state index contributed by atoms with van der Waals surface area (Å²) in [5, 5.41) is 9.80. The van der Waals surface area contributed by atoms with Crippen LogP contribution in [0.5, 0.6) is 0 Å². The van der Waals surface area contributed by atoms with Crippen LogP contribution in [0.3, 0.4) is 0 Å². The molecule has 2 heteroatoms. The summed E-state index contributed by atoms with van der Waals surface area (Å²) in [7, 11) is 0. The molecule has 0 fully saturated rings. The summed E-state index contributed by atoms with van der Waals surface area (Å²) in [6.45, 7) is 0.398. The van der Waals surface area contributed by atoms with Crippen molar-refractivity contribution >= 4 is 0 Å². The summed E-state index contributed by atoms with van der Waals surface area (Å²) in [5.41, 5.74) is 7.53. The molecule has 0 unspecified atom stereocenters. The molecular weight excluding hydrogens is 210 g/mol. The second kappa shape index (κ2) is 5.13. The van der Waals surface area contributed by atoms with Crippen LogP contribution in [-0.4, -0.2) is 18.3 Å². The lowest BCUT2D eigenvalue weighted by molar-refractivity contribution is 0.223. The van der Waals surface area contributed by atoms with Crippen LogP contribution in [0.15, 0.2) is 60.7 Å². The molecule has 0 amide bonds. The van der Waals surface area contributed by atoms with Crippen molar-refractivity contribution in [1.82, 2.24) is 0 Å². The van der Waals surface area contributed by atoms with Crippen molar-refractivity contribution in [2.45, 2.75) is 5.41 Å². The van der Waals surface area contributed by atoms with E-state index in [1.807, 2.05) is 60.7 Å². The molecule has 2 nitrogen and oxygen atoms in total. The van der Waals surface area contributed by atoms with Gasteiger partial charge in [0, 0.05) is 6.54 Å². The molecule has 0 heterocycles. The van der Waals surface area contributed by atoms with Crippen molar-refractivity contribution in [3.8, 4) is 0 Å². The molecule has 2 aromatic rings. The molecule has 0 radical (unpaired) electrons. The molecule has 0 atom stereocenters. The van der Waals surface area contributed by atoms with Gasteiger partial charge in [0.1, 0.15) is 0 Å². The van der Waals surface area contributed by atoms with Gasteiger partial charge in [-0.1, -0.05) is 60.7 Å². The largest absolute Gasteiger partial charge is 0.395 e. The fourth-order valence-corrected chi connectivity index (χ4v) is 2.16. The first-order valence-electron chi connectivity index (χ1n) is 5.75. The Morgan fingerprint density at radius 3 is 1.53 bits per heavy atom. The van der Waals surface area contributed by atoms with Gasteiger partial charge in [-0.15, -0.1) is 0 Å². The number of aliphatic hydroxyl groups excluding tert-OH is 1. The zero-order valence-electron chi connectivity index (χ0n) is 9.71. The molecule has 0 saturated carbocycles. The van der Waals surface area contributed by atoms with E-state index in [0.717, 1.165) is 11.1 Å². The molecule has 0 aromatic heterocycles. The summed E-state index contributed by atoms with van der Waals surface area (Å²) >= 11 is 0. The average Bonchev–Trinajstić information content (AvgIpc) is 2.43. The van der Waals surface area contributed by atoms with Gasteiger partial charge in [0.25, 0.3) is 0 Å². The minimum atomic E-state index is -0.497. The maximum absolute atomic E-state index is 9.80. The van der Waals surface area contributed by atoms with Crippen LogP contribution in [0.4, 0.5) is 0 Å². The third-order valence-corrected chi connectivity index (χ3v) is 3.27. The smallest absolute Gasteiger partial charge is 0.0581 e. The van der Waals surface area contributed by atoms with Gasteiger partial charge < -0.3 is 10.8 Å². The van der Waals surface area contributed by atoms with Crippen molar-refractivity contribution in [2.75, 3.05) is 13.2 Å². The molecular formula is C15H17NO. The van der Waals surface area contributed by atoms with Crippen LogP contribution in [0.1, 0.15) is 11.1 Å². The van der Waals surface area contributed by atoms with Gasteiger partial charge in [0.05, 0.1) is 12.0 Å². The predicted molar refractivity (Wildman–Crippen MR) is 69.8 cm³/mol. The topological polar surface area (TPSA) is 46.2 Å². The Labute approximate surface area is 102 Å². The van der Waals surface area contributed by atoms with Crippen LogP contribution >= 0.6 is 0 Å². The fourth-order valence-electron chi connectivity index (χ4n) is 2.16. The summed E-state index contributed by atoms with van der Waals surface area (Å²) in [4.78, 5) is 0. The van der Waals surface area contributed by atoms with Gasteiger partial charge in [0.15, 0.2) is 0 Å². The fraction of sp³-hybridized carbons (Fsp3) is 0.200. The Bertz CT molecular complexity index is 407. The second-order valence-corrected chi connectivity index (χ2v) is 4.18. The maximum atomic E-state index is 9.80. The number of hydrogen-bond acceptors (Lipinski definition) is 2. The molecule has 0 spiro atoms. The van der Waals surface area contributed by atoms with E-state index in [0.29, 0.717) is 6.54 Å². The lowest BCUT2D eigenvalue weighted by Gasteiger charge is -2.31. The Morgan fingerprint density at radius 1 is 0.824 bits per heavy atom. The van der Waals surface area contributed by atoms with Gasteiger partial charge in [-0.05, 0) is 11.1 Å². The van der Waals surface area contributed by atoms with Crippen LogP contribution in [0.25, 0.3) is 0 Å². The standard InChI is InChI=1S/C15H17NO/c16-11-15(12-17,13-7-3-1-4-8-13)14-9-5-2-6-10-14/h1-10,17H,11-12,16H2. The quantitative estimate of drug-likeness (QED) is 0.838. The van der Waals surface area contributed by atoms with Crippen LogP contribution in [0, 0.1) is 0 Å². The van der Waals surface area contributed by atoms with E-state index in [9.17, 15) is 5.11 Å². The van der Waals surface area contributed by atoms with Crippen LogP contribution in [-0.2, 0) is 5.41 Å². The van der Waals surface area contributed by atoms with E-state index >= 15 is 0 Å². The first-order chi connectivity index (χ1) is 8.33. The van der Waals surface area contributed by atoms with Gasteiger partial charge in [-0.25, -0.2) is 0 Å². The minimum absolute atomic E-state index is 0.0114. The van der Waals surface area contributed by atoms with Gasteiger partial charge >= 0.3 is 0 Å². The van der Waals surface area contributed by atoms with Gasteiger partial charge in [-0.3, -0.25) is 0 Å². The second-order valence-electron chi connectivity index (χ2n) is 4.18. The average molecular weight is 227 g/mol. The highest BCUT2D eigenvalue weighted by molar-refractivity contribution is 5.40. The number of nitrogens with two attached hydrogens (primary N) is 1. The summed E-state index contributed by atoms with van der Waals surface area (Å²) in [6, 6.07) is 19.9. The van der Waals surface area contributed by atoms with E-state index in [1.54, 1.807) is 0 Å². The van der Waals surface area contributed by atoms with Crippen LogP contribution in [0.2, 0.25) is 0 Å². The third-order valence-electron chi connectivity index (χ3n) is 3.27. The molecule has 3 N–H and O–H groups in total. The van der Waals surface area contributed by atoms with E-state index in [1.165, 1.54) is 0 Å². The molecule has 0 saturated heterocycles. The lowest BCUT2D eigenvalue weighted by atomic mass is 9.75. The number of hydrogen-bond donors (Lipinski definition) is 2. The summed E-state index contributed by atoms with van der Waals surface area (Å²) < 4.78 is 0. The lowest BCUT2D eigenvalue weighted by Crippen LogP contribution is -2.39. The summed E-state index contributed by atoms with van der Waals surface area (Å²) in [5.74, 6) is 0. The number of benzene rings is 2. The van der Waals surface area contributed by atoms with E-state index in [-0.39, 0.29) is 6.61 Å². The highest BCUT2D eigenvalue weighted by Crippen LogP contribution is 2.30. The minimum Gasteiger partial charge on any atom is -0.395 e. The Hall–Kier alpha value is -1.64. The maximum Gasteiger partial charge on any atom is 0.0581 e. The van der Waals surface area contributed by atoms with E-state index in [4.69, 9.17) is 5.73 Å². The Balaban J connectivity index is 2.54. The number of aliphatic hydroxyl groups is 1. The molecule has 17 heavy (non-hydrogen) atoms. The molecule has 0 aliphatic heterocycles. The van der Waals surface area contributed by atoms with Crippen molar-refractivity contribution in [1.29, 1.82) is 0 Å². The van der Waals surface area contributed by atoms with E-state index < -0.39 is 5.41 Å². The van der Waals surface area contributed by atoms with Gasteiger partial charge in [0.2, 0.25) is 0 Å². The normalized spacial score (nSPS) is 11.4. The summed E-state index contributed by atoms with van der Waals surface area (Å²) in [6.07, 6.45) is 0. The SMILES string of the molecule is NCC(CO)(c1ccccc1)c1ccccc1. The van der Waals surface area contributed by atoms with Gasteiger partial charge in [-0.2, -0.15) is 0 Å². The monoisotopic (exact) mass is 227 g/mol. The first-order valence-corrected chi connectivity index (χ1v) is 5.75.